The van der Waals surface area contributed by atoms with Crippen molar-refractivity contribution < 1.29 is 9.32 Å². The molecule has 1 aliphatic heterocycles. The van der Waals surface area contributed by atoms with Gasteiger partial charge in [-0.25, -0.2) is 0 Å². The smallest absolute Gasteiger partial charge is 0.223 e. The van der Waals surface area contributed by atoms with Crippen LogP contribution in [-0.4, -0.2) is 35.1 Å². The Labute approximate surface area is 113 Å². The average Bonchev–Trinajstić information content (AvgIpc) is 3.15. The SMILES string of the molecule is Cc1cc(CN2CCCC(NC(=O)C3CC3)C2)on1. The number of hydrogen-bond donors (Lipinski definition) is 1. The molecule has 5 heteroatoms. The molecule has 19 heavy (non-hydrogen) atoms. The highest BCUT2D eigenvalue weighted by molar-refractivity contribution is 5.81. The Morgan fingerprint density at radius 2 is 2.37 bits per heavy atom. The van der Waals surface area contributed by atoms with Gasteiger partial charge in [-0.3, -0.25) is 9.69 Å². The van der Waals surface area contributed by atoms with Crippen LogP contribution < -0.4 is 5.32 Å². The van der Waals surface area contributed by atoms with Crippen molar-refractivity contribution in [1.29, 1.82) is 0 Å². The standard InChI is InChI=1S/C14H21N3O2/c1-10-7-13(19-16-10)9-17-6-2-3-12(8-17)15-14(18)11-4-5-11/h7,11-12H,2-6,8-9H2,1H3,(H,15,18). The number of nitrogens with one attached hydrogen (secondary N) is 1. The summed E-state index contributed by atoms with van der Waals surface area (Å²) in [7, 11) is 0. The molecule has 5 nitrogen and oxygen atoms in total. The molecule has 1 N–H and O–H groups in total. The first kappa shape index (κ1) is 12.7. The molecule has 2 heterocycles. The van der Waals surface area contributed by atoms with Crippen molar-refractivity contribution in [3.63, 3.8) is 0 Å². The van der Waals surface area contributed by atoms with Crippen molar-refractivity contribution in [2.45, 2.75) is 45.2 Å². The summed E-state index contributed by atoms with van der Waals surface area (Å²) in [5.74, 6) is 1.46. The first-order chi connectivity index (χ1) is 9.20. The molecule has 1 atom stereocenters. The lowest BCUT2D eigenvalue weighted by Crippen LogP contribution is -2.47. The van der Waals surface area contributed by atoms with Gasteiger partial charge in [-0.1, -0.05) is 5.16 Å². The largest absolute Gasteiger partial charge is 0.360 e. The number of aromatic nitrogens is 1. The summed E-state index contributed by atoms with van der Waals surface area (Å²) in [6.07, 6.45) is 4.35. The van der Waals surface area contributed by atoms with Gasteiger partial charge in [0.1, 0.15) is 0 Å². The number of carbonyl (C=O) groups is 1. The molecular weight excluding hydrogens is 242 g/mol. The summed E-state index contributed by atoms with van der Waals surface area (Å²) in [5, 5.41) is 7.08. The zero-order chi connectivity index (χ0) is 13.2. The van der Waals surface area contributed by atoms with E-state index in [9.17, 15) is 4.79 Å². The Kier molecular flexibility index (Phi) is 3.55. The highest BCUT2D eigenvalue weighted by Crippen LogP contribution is 2.29. The number of piperidine rings is 1. The Balaban J connectivity index is 1.51. The zero-order valence-electron chi connectivity index (χ0n) is 11.4. The van der Waals surface area contributed by atoms with Crippen LogP contribution >= 0.6 is 0 Å². The lowest BCUT2D eigenvalue weighted by molar-refractivity contribution is -0.123. The fourth-order valence-corrected chi connectivity index (χ4v) is 2.69. The van der Waals surface area contributed by atoms with Gasteiger partial charge in [0, 0.05) is 24.6 Å². The molecule has 1 saturated carbocycles. The average molecular weight is 263 g/mol. The molecule has 0 bridgehead atoms. The van der Waals surface area contributed by atoms with Crippen LogP contribution in [0.2, 0.25) is 0 Å². The van der Waals surface area contributed by atoms with E-state index >= 15 is 0 Å². The number of rotatable bonds is 4. The monoisotopic (exact) mass is 263 g/mol. The molecule has 0 aromatic carbocycles. The maximum absolute atomic E-state index is 11.8. The molecule has 1 aliphatic carbocycles. The maximum atomic E-state index is 11.8. The molecule has 1 aromatic heterocycles. The second-order valence-electron chi connectivity index (χ2n) is 5.79. The van der Waals surface area contributed by atoms with E-state index in [-0.39, 0.29) is 5.91 Å². The number of nitrogens with zero attached hydrogens (tertiary/aromatic N) is 2. The summed E-state index contributed by atoms with van der Waals surface area (Å²) in [5.41, 5.74) is 0.922. The van der Waals surface area contributed by atoms with Gasteiger partial charge in [0.05, 0.1) is 12.2 Å². The lowest BCUT2D eigenvalue weighted by atomic mass is 10.1. The molecule has 1 aromatic rings. The van der Waals surface area contributed by atoms with Crippen LogP contribution in [0.25, 0.3) is 0 Å². The molecule has 3 rings (SSSR count). The van der Waals surface area contributed by atoms with Crippen LogP contribution in [0.3, 0.4) is 0 Å². The summed E-state index contributed by atoms with van der Waals surface area (Å²) in [4.78, 5) is 14.1. The van der Waals surface area contributed by atoms with Crippen molar-refractivity contribution >= 4 is 5.91 Å². The second kappa shape index (κ2) is 5.33. The minimum atomic E-state index is 0.252. The predicted molar refractivity (Wildman–Crippen MR) is 70.4 cm³/mol. The summed E-state index contributed by atoms with van der Waals surface area (Å²) >= 11 is 0. The van der Waals surface area contributed by atoms with Crippen LogP contribution in [0.4, 0.5) is 0 Å². The Hall–Kier alpha value is -1.36. The molecule has 0 spiro atoms. The molecule has 2 fully saturated rings. The van der Waals surface area contributed by atoms with E-state index in [0.29, 0.717) is 12.0 Å². The zero-order valence-corrected chi connectivity index (χ0v) is 11.4. The van der Waals surface area contributed by atoms with Crippen LogP contribution in [0, 0.1) is 12.8 Å². The maximum Gasteiger partial charge on any atom is 0.223 e. The Morgan fingerprint density at radius 1 is 1.53 bits per heavy atom. The third-order valence-corrected chi connectivity index (χ3v) is 3.86. The van der Waals surface area contributed by atoms with E-state index in [1.54, 1.807) is 0 Å². The summed E-state index contributed by atoms with van der Waals surface area (Å²) in [6, 6.07) is 2.28. The predicted octanol–water partition coefficient (Wildman–Crippen LogP) is 1.47. The van der Waals surface area contributed by atoms with Gasteiger partial charge in [-0.15, -0.1) is 0 Å². The number of aryl methyl sites for hydroxylation is 1. The van der Waals surface area contributed by atoms with Gasteiger partial charge in [0.2, 0.25) is 5.91 Å². The first-order valence-electron chi connectivity index (χ1n) is 7.15. The highest BCUT2D eigenvalue weighted by atomic mass is 16.5. The number of amides is 1. The normalized spacial score (nSPS) is 24.4. The van der Waals surface area contributed by atoms with Gasteiger partial charge < -0.3 is 9.84 Å². The van der Waals surface area contributed by atoms with E-state index in [4.69, 9.17) is 4.52 Å². The molecule has 0 radical (unpaired) electrons. The van der Waals surface area contributed by atoms with Crippen molar-refractivity contribution in [2.75, 3.05) is 13.1 Å². The summed E-state index contributed by atoms with van der Waals surface area (Å²) in [6.45, 7) is 4.70. The third-order valence-electron chi connectivity index (χ3n) is 3.86. The quantitative estimate of drug-likeness (QED) is 0.893. The molecular formula is C14H21N3O2. The first-order valence-corrected chi connectivity index (χ1v) is 7.15. The van der Waals surface area contributed by atoms with Crippen molar-refractivity contribution in [1.82, 2.24) is 15.4 Å². The van der Waals surface area contributed by atoms with Crippen LogP contribution in [0.15, 0.2) is 10.6 Å². The van der Waals surface area contributed by atoms with Crippen molar-refractivity contribution in [3.8, 4) is 0 Å². The fraction of sp³-hybridized carbons (Fsp3) is 0.714. The van der Waals surface area contributed by atoms with Crippen molar-refractivity contribution in [2.24, 2.45) is 5.92 Å². The van der Waals surface area contributed by atoms with Crippen LogP contribution in [0.1, 0.15) is 37.1 Å². The molecule has 2 aliphatic rings. The Morgan fingerprint density at radius 3 is 3.05 bits per heavy atom. The number of carbonyl (C=O) groups excluding carboxylic acids is 1. The topological polar surface area (TPSA) is 58.4 Å². The van der Waals surface area contributed by atoms with E-state index < -0.39 is 0 Å². The van der Waals surface area contributed by atoms with Gasteiger partial charge in [-0.2, -0.15) is 0 Å². The molecule has 104 valence electrons. The third kappa shape index (κ3) is 3.35. The van der Waals surface area contributed by atoms with E-state index in [1.807, 2.05) is 13.0 Å². The van der Waals surface area contributed by atoms with Crippen molar-refractivity contribution in [3.05, 3.63) is 17.5 Å². The van der Waals surface area contributed by atoms with Crippen LogP contribution in [-0.2, 0) is 11.3 Å². The number of likely N-dealkylation sites (tertiary alicyclic amines) is 1. The van der Waals surface area contributed by atoms with E-state index in [1.165, 1.54) is 0 Å². The van der Waals surface area contributed by atoms with E-state index in [2.05, 4.69) is 15.4 Å². The minimum Gasteiger partial charge on any atom is -0.360 e. The summed E-state index contributed by atoms with van der Waals surface area (Å²) < 4.78 is 5.25. The fourth-order valence-electron chi connectivity index (χ4n) is 2.69. The molecule has 1 amide bonds. The lowest BCUT2D eigenvalue weighted by Gasteiger charge is -2.32. The van der Waals surface area contributed by atoms with Gasteiger partial charge >= 0.3 is 0 Å². The molecule has 1 saturated heterocycles. The Bertz CT molecular complexity index is 453. The van der Waals surface area contributed by atoms with Gasteiger partial charge in [0.15, 0.2) is 5.76 Å². The van der Waals surface area contributed by atoms with E-state index in [0.717, 1.165) is 56.8 Å². The van der Waals surface area contributed by atoms with Gasteiger partial charge in [-0.05, 0) is 39.2 Å². The van der Waals surface area contributed by atoms with Crippen LogP contribution in [0.5, 0.6) is 0 Å². The second-order valence-corrected chi connectivity index (χ2v) is 5.79. The highest BCUT2D eigenvalue weighted by Gasteiger charge is 2.32. The number of hydrogen-bond acceptors (Lipinski definition) is 4. The molecule has 1 unspecified atom stereocenters. The van der Waals surface area contributed by atoms with Gasteiger partial charge in [0.25, 0.3) is 0 Å². The minimum absolute atomic E-state index is 0.252.